The molecule has 0 aliphatic carbocycles. The van der Waals surface area contributed by atoms with Crippen LogP contribution in [-0.4, -0.2) is 18.7 Å². The van der Waals surface area contributed by atoms with E-state index >= 15 is 0 Å². The van der Waals surface area contributed by atoms with Crippen molar-refractivity contribution in [2.75, 3.05) is 12.4 Å². The molecule has 0 aromatic heterocycles. The van der Waals surface area contributed by atoms with Gasteiger partial charge in [0.1, 0.15) is 5.75 Å². The highest BCUT2D eigenvalue weighted by Crippen LogP contribution is 2.31. The molecule has 78 valence electrons. The number of anilines is 1. The maximum atomic E-state index is 11.4. The zero-order valence-corrected chi connectivity index (χ0v) is 8.46. The van der Waals surface area contributed by atoms with Gasteiger partial charge in [0.25, 0.3) is 0 Å². The summed E-state index contributed by atoms with van der Waals surface area (Å²) in [6.07, 6.45) is 0.836. The van der Waals surface area contributed by atoms with Crippen LogP contribution in [0.25, 0.3) is 0 Å². The van der Waals surface area contributed by atoms with Gasteiger partial charge in [0.05, 0.1) is 12.8 Å². The van der Waals surface area contributed by atoms with E-state index in [-0.39, 0.29) is 5.91 Å². The fourth-order valence-electron chi connectivity index (χ4n) is 1.66. The molecule has 2 rings (SSSR count). The normalized spacial score (nSPS) is 15.3. The molecule has 1 amide bonds. The zero-order chi connectivity index (χ0) is 10.8. The minimum Gasteiger partial charge on any atom is -0.495 e. The van der Waals surface area contributed by atoms with Gasteiger partial charge in [0.2, 0.25) is 5.91 Å². The first-order valence-electron chi connectivity index (χ1n) is 4.77. The molecule has 0 spiro atoms. The lowest BCUT2D eigenvalue weighted by atomic mass is 10.1. The van der Waals surface area contributed by atoms with Crippen molar-refractivity contribution in [3.05, 3.63) is 23.8 Å². The Morgan fingerprint density at radius 2 is 2.20 bits per heavy atom. The van der Waals surface area contributed by atoms with Crippen LogP contribution in [-0.2, 0) is 4.79 Å². The summed E-state index contributed by atoms with van der Waals surface area (Å²) < 4.78 is 5.15. The highest BCUT2D eigenvalue weighted by molar-refractivity contribution is 6.11. The third kappa shape index (κ3) is 1.70. The SMILES string of the molecule is COc1cccc2c1NC(=O)CCC2=N. The topological polar surface area (TPSA) is 62.2 Å². The number of rotatable bonds is 1. The number of nitrogens with one attached hydrogen (secondary N) is 2. The van der Waals surface area contributed by atoms with Gasteiger partial charge >= 0.3 is 0 Å². The van der Waals surface area contributed by atoms with Crippen molar-refractivity contribution in [3.63, 3.8) is 0 Å². The van der Waals surface area contributed by atoms with E-state index in [9.17, 15) is 4.79 Å². The second-order valence-electron chi connectivity index (χ2n) is 3.41. The molecule has 0 unspecified atom stereocenters. The molecular formula is C11H12N2O2. The van der Waals surface area contributed by atoms with Gasteiger partial charge in [-0.3, -0.25) is 4.79 Å². The maximum Gasteiger partial charge on any atom is 0.224 e. The van der Waals surface area contributed by atoms with Crippen LogP contribution in [0.3, 0.4) is 0 Å². The molecule has 0 bridgehead atoms. The highest BCUT2D eigenvalue weighted by Gasteiger charge is 2.19. The molecule has 1 aromatic carbocycles. The summed E-state index contributed by atoms with van der Waals surface area (Å²) in [7, 11) is 1.55. The Hall–Kier alpha value is -1.84. The van der Waals surface area contributed by atoms with E-state index in [0.717, 1.165) is 5.56 Å². The van der Waals surface area contributed by atoms with E-state index in [4.69, 9.17) is 10.1 Å². The number of hydrogen-bond donors (Lipinski definition) is 2. The number of methoxy groups -OCH3 is 1. The Bertz CT molecular complexity index is 427. The Morgan fingerprint density at radius 1 is 1.40 bits per heavy atom. The first kappa shape index (κ1) is 9.71. The molecule has 0 radical (unpaired) electrons. The van der Waals surface area contributed by atoms with Crippen molar-refractivity contribution in [3.8, 4) is 5.75 Å². The van der Waals surface area contributed by atoms with E-state index in [1.165, 1.54) is 0 Å². The standard InChI is InChI=1S/C11H12N2O2/c1-15-9-4-2-3-7-8(12)5-6-10(14)13-11(7)9/h2-4,12H,5-6H2,1H3,(H,13,14). The lowest BCUT2D eigenvalue weighted by molar-refractivity contribution is -0.116. The summed E-state index contributed by atoms with van der Waals surface area (Å²) in [5.41, 5.74) is 1.84. The van der Waals surface area contributed by atoms with Crippen LogP contribution < -0.4 is 10.1 Å². The largest absolute Gasteiger partial charge is 0.495 e. The number of amides is 1. The van der Waals surface area contributed by atoms with Crippen LogP contribution >= 0.6 is 0 Å². The molecule has 1 aliphatic heterocycles. The fraction of sp³-hybridized carbons (Fsp3) is 0.273. The van der Waals surface area contributed by atoms with Crippen molar-refractivity contribution in [1.29, 1.82) is 5.41 Å². The number of para-hydroxylation sites is 1. The molecule has 2 N–H and O–H groups in total. The van der Waals surface area contributed by atoms with Gasteiger partial charge in [-0.25, -0.2) is 0 Å². The van der Waals surface area contributed by atoms with Gasteiger partial charge in [-0.05, 0) is 12.5 Å². The number of hydrogen-bond acceptors (Lipinski definition) is 3. The number of benzene rings is 1. The maximum absolute atomic E-state index is 11.4. The number of carbonyl (C=O) groups excluding carboxylic acids is 1. The average Bonchev–Trinajstić information content (AvgIpc) is 2.39. The monoisotopic (exact) mass is 204 g/mol. The van der Waals surface area contributed by atoms with Crippen LogP contribution in [0.4, 0.5) is 5.69 Å². The van der Waals surface area contributed by atoms with Crippen LogP contribution in [0, 0.1) is 5.41 Å². The lowest BCUT2D eigenvalue weighted by Gasteiger charge is -2.11. The van der Waals surface area contributed by atoms with Crippen molar-refractivity contribution in [1.82, 2.24) is 0 Å². The molecule has 1 aliphatic rings. The summed E-state index contributed by atoms with van der Waals surface area (Å²) in [6.45, 7) is 0. The van der Waals surface area contributed by atoms with Gasteiger partial charge in [0, 0.05) is 17.7 Å². The Kier molecular flexibility index (Phi) is 2.41. The van der Waals surface area contributed by atoms with E-state index in [0.29, 0.717) is 30.0 Å². The van der Waals surface area contributed by atoms with E-state index in [1.54, 1.807) is 13.2 Å². The van der Waals surface area contributed by atoms with Crippen LogP contribution in [0.1, 0.15) is 18.4 Å². The van der Waals surface area contributed by atoms with E-state index < -0.39 is 0 Å². The lowest BCUT2D eigenvalue weighted by Crippen LogP contribution is -2.10. The van der Waals surface area contributed by atoms with Gasteiger partial charge in [-0.2, -0.15) is 0 Å². The summed E-state index contributed by atoms with van der Waals surface area (Å²) in [6, 6.07) is 5.42. The second-order valence-corrected chi connectivity index (χ2v) is 3.41. The molecule has 0 saturated carbocycles. The van der Waals surface area contributed by atoms with Crippen molar-refractivity contribution in [2.45, 2.75) is 12.8 Å². The van der Waals surface area contributed by atoms with Crippen LogP contribution in [0.2, 0.25) is 0 Å². The highest BCUT2D eigenvalue weighted by atomic mass is 16.5. The smallest absolute Gasteiger partial charge is 0.224 e. The summed E-state index contributed by atoms with van der Waals surface area (Å²) in [4.78, 5) is 11.4. The van der Waals surface area contributed by atoms with Gasteiger partial charge in [-0.15, -0.1) is 0 Å². The van der Waals surface area contributed by atoms with Crippen LogP contribution in [0.15, 0.2) is 18.2 Å². The third-order valence-electron chi connectivity index (χ3n) is 2.44. The molecule has 4 nitrogen and oxygen atoms in total. The van der Waals surface area contributed by atoms with Gasteiger partial charge in [-0.1, -0.05) is 12.1 Å². The molecule has 1 aromatic rings. The average molecular weight is 204 g/mol. The van der Waals surface area contributed by atoms with Crippen molar-refractivity contribution >= 4 is 17.3 Å². The summed E-state index contributed by atoms with van der Waals surface area (Å²) in [5.74, 6) is 0.538. The van der Waals surface area contributed by atoms with Crippen molar-refractivity contribution < 1.29 is 9.53 Å². The Morgan fingerprint density at radius 3 is 2.93 bits per heavy atom. The molecule has 0 fully saturated rings. The molecule has 0 saturated heterocycles. The molecular weight excluding hydrogens is 192 g/mol. The summed E-state index contributed by atoms with van der Waals surface area (Å²) in [5, 5.41) is 10.6. The van der Waals surface area contributed by atoms with Gasteiger partial charge in [0.15, 0.2) is 0 Å². The molecule has 0 atom stereocenters. The van der Waals surface area contributed by atoms with Crippen molar-refractivity contribution in [2.24, 2.45) is 0 Å². The number of ether oxygens (including phenoxy) is 1. The zero-order valence-electron chi connectivity index (χ0n) is 8.46. The number of carbonyl (C=O) groups is 1. The van der Waals surface area contributed by atoms with E-state index in [2.05, 4.69) is 5.32 Å². The number of fused-ring (bicyclic) bond motifs is 1. The minimum atomic E-state index is -0.0667. The molecule has 4 heteroatoms. The quantitative estimate of drug-likeness (QED) is 0.732. The summed E-state index contributed by atoms with van der Waals surface area (Å²) >= 11 is 0. The molecule has 1 heterocycles. The Labute approximate surface area is 87.8 Å². The third-order valence-corrected chi connectivity index (χ3v) is 2.44. The van der Waals surface area contributed by atoms with Gasteiger partial charge < -0.3 is 15.5 Å². The first-order valence-corrected chi connectivity index (χ1v) is 4.77. The van der Waals surface area contributed by atoms with E-state index in [1.807, 2.05) is 12.1 Å². The predicted octanol–water partition coefficient (Wildman–Crippen LogP) is 1.80. The predicted molar refractivity (Wildman–Crippen MR) is 57.7 cm³/mol. The first-order chi connectivity index (χ1) is 7.22. The fourth-order valence-corrected chi connectivity index (χ4v) is 1.66. The van der Waals surface area contributed by atoms with Crippen LogP contribution in [0.5, 0.6) is 5.75 Å². The Balaban J connectivity index is 2.56. The minimum absolute atomic E-state index is 0.0667. The second kappa shape index (κ2) is 3.73. The molecule has 15 heavy (non-hydrogen) atoms.